The molecule has 0 radical (unpaired) electrons. The van der Waals surface area contributed by atoms with Crippen LogP contribution in [-0.2, 0) is 19.6 Å². The lowest BCUT2D eigenvalue weighted by Gasteiger charge is -2.25. The smallest absolute Gasteiger partial charge is 0.264 e. The highest BCUT2D eigenvalue weighted by atomic mass is 35.5. The Labute approximate surface area is 225 Å². The Balaban J connectivity index is 1.58. The van der Waals surface area contributed by atoms with Gasteiger partial charge in [-0.3, -0.25) is 13.9 Å². The molecule has 3 aromatic carbocycles. The maximum atomic E-state index is 13.5. The summed E-state index contributed by atoms with van der Waals surface area (Å²) in [6.45, 7) is 0.423. The van der Waals surface area contributed by atoms with Crippen LogP contribution in [0.4, 0.5) is 11.4 Å². The van der Waals surface area contributed by atoms with E-state index >= 15 is 0 Å². The van der Waals surface area contributed by atoms with Gasteiger partial charge in [0.05, 0.1) is 33.0 Å². The number of nitrogens with zero attached hydrogens (tertiary/aromatic N) is 1. The first-order chi connectivity index (χ1) is 17.8. The summed E-state index contributed by atoms with van der Waals surface area (Å²) in [5.41, 5.74) is 0.537. The summed E-state index contributed by atoms with van der Waals surface area (Å²) in [5.74, 6) is -1.05. The summed E-state index contributed by atoms with van der Waals surface area (Å²) in [4.78, 5) is 26.0. The average molecular weight is 562 g/mol. The fourth-order valence-corrected chi connectivity index (χ4v) is 5.80. The Morgan fingerprint density at radius 2 is 1.73 bits per heavy atom. The molecule has 1 saturated heterocycles. The number of ether oxygens (including phenoxy) is 1. The van der Waals surface area contributed by atoms with Gasteiger partial charge in [0.2, 0.25) is 5.91 Å². The van der Waals surface area contributed by atoms with Crippen LogP contribution in [0.25, 0.3) is 0 Å². The van der Waals surface area contributed by atoms with E-state index in [2.05, 4.69) is 10.6 Å². The maximum absolute atomic E-state index is 13.5. The number of carbonyl (C=O) groups is 2. The molecule has 1 aliphatic heterocycles. The van der Waals surface area contributed by atoms with Crippen molar-refractivity contribution in [2.45, 2.75) is 23.8 Å². The van der Waals surface area contributed by atoms with E-state index in [0.29, 0.717) is 13.2 Å². The number of para-hydroxylation sites is 1. The van der Waals surface area contributed by atoms with Gasteiger partial charge < -0.3 is 15.4 Å². The van der Waals surface area contributed by atoms with Gasteiger partial charge >= 0.3 is 0 Å². The molecule has 1 fully saturated rings. The monoisotopic (exact) mass is 561 g/mol. The van der Waals surface area contributed by atoms with Crippen molar-refractivity contribution in [2.24, 2.45) is 0 Å². The molecule has 0 aliphatic carbocycles. The van der Waals surface area contributed by atoms with E-state index in [1.165, 1.54) is 30.3 Å². The van der Waals surface area contributed by atoms with Crippen LogP contribution in [0.3, 0.4) is 0 Å². The Morgan fingerprint density at radius 3 is 2.46 bits per heavy atom. The molecule has 4 rings (SSSR count). The van der Waals surface area contributed by atoms with Gasteiger partial charge in [-0.05, 0) is 55.3 Å². The molecule has 37 heavy (non-hydrogen) atoms. The predicted molar refractivity (Wildman–Crippen MR) is 144 cm³/mol. The van der Waals surface area contributed by atoms with Crippen LogP contribution in [0.15, 0.2) is 77.7 Å². The molecule has 0 aromatic heterocycles. The highest BCUT2D eigenvalue weighted by molar-refractivity contribution is 7.92. The second kappa shape index (κ2) is 12.0. The van der Waals surface area contributed by atoms with E-state index in [1.54, 1.807) is 42.5 Å². The van der Waals surface area contributed by atoms with E-state index in [4.69, 9.17) is 27.9 Å². The van der Waals surface area contributed by atoms with E-state index < -0.39 is 22.5 Å². The van der Waals surface area contributed by atoms with Gasteiger partial charge in [0.15, 0.2) is 0 Å². The van der Waals surface area contributed by atoms with Crippen LogP contribution in [0.5, 0.6) is 0 Å². The molecule has 1 aliphatic rings. The zero-order chi connectivity index (χ0) is 26.4. The number of nitrogens with one attached hydrogen (secondary N) is 2. The lowest BCUT2D eigenvalue weighted by molar-refractivity contribution is -0.114. The van der Waals surface area contributed by atoms with Crippen LogP contribution in [0.2, 0.25) is 10.0 Å². The van der Waals surface area contributed by atoms with Crippen LogP contribution < -0.4 is 14.9 Å². The van der Waals surface area contributed by atoms with Gasteiger partial charge in [-0.2, -0.15) is 0 Å². The fraction of sp³-hybridized carbons (Fsp3) is 0.231. The van der Waals surface area contributed by atoms with Crippen LogP contribution >= 0.6 is 23.2 Å². The first kappa shape index (κ1) is 26.9. The average Bonchev–Trinajstić information content (AvgIpc) is 3.42. The van der Waals surface area contributed by atoms with Crippen LogP contribution in [0, 0.1) is 0 Å². The Morgan fingerprint density at radius 1 is 1.00 bits per heavy atom. The van der Waals surface area contributed by atoms with Crippen molar-refractivity contribution >= 4 is 56.4 Å². The second-order valence-electron chi connectivity index (χ2n) is 8.36. The van der Waals surface area contributed by atoms with Crippen molar-refractivity contribution in [1.29, 1.82) is 0 Å². The minimum atomic E-state index is -4.19. The highest BCUT2D eigenvalue weighted by Crippen LogP contribution is 2.33. The van der Waals surface area contributed by atoms with Gasteiger partial charge in [0.25, 0.3) is 15.9 Å². The SMILES string of the molecule is O=C(CN(c1cc(Cl)ccc1Cl)S(=O)(=O)c1ccccc1)Nc1ccccc1C(=O)NC[C@@H]1CCCO1. The number of hydrogen-bond acceptors (Lipinski definition) is 5. The van der Waals surface area contributed by atoms with E-state index in [9.17, 15) is 18.0 Å². The van der Waals surface area contributed by atoms with Crippen LogP contribution in [0.1, 0.15) is 23.2 Å². The van der Waals surface area contributed by atoms with Crippen molar-refractivity contribution in [3.05, 3.63) is 88.4 Å². The number of sulfonamides is 1. The van der Waals surface area contributed by atoms with E-state index in [-0.39, 0.29) is 43.9 Å². The Kier molecular flexibility index (Phi) is 8.71. The molecular formula is C26H25Cl2N3O5S. The van der Waals surface area contributed by atoms with Crippen molar-refractivity contribution in [3.63, 3.8) is 0 Å². The number of carbonyl (C=O) groups excluding carboxylic acids is 2. The first-order valence-electron chi connectivity index (χ1n) is 11.6. The molecule has 1 heterocycles. The van der Waals surface area contributed by atoms with E-state index in [1.807, 2.05) is 0 Å². The van der Waals surface area contributed by atoms with Crippen molar-refractivity contribution in [2.75, 3.05) is 29.3 Å². The minimum Gasteiger partial charge on any atom is -0.376 e. The lowest BCUT2D eigenvalue weighted by Crippen LogP contribution is -2.38. The second-order valence-corrected chi connectivity index (χ2v) is 11.1. The van der Waals surface area contributed by atoms with Gasteiger partial charge in [-0.25, -0.2) is 8.42 Å². The number of rotatable bonds is 9. The molecule has 0 saturated carbocycles. The maximum Gasteiger partial charge on any atom is 0.264 e. The lowest BCUT2D eigenvalue weighted by atomic mass is 10.1. The quantitative estimate of drug-likeness (QED) is 0.392. The molecule has 2 amide bonds. The highest BCUT2D eigenvalue weighted by Gasteiger charge is 2.29. The number of anilines is 2. The number of hydrogen-bond donors (Lipinski definition) is 2. The summed E-state index contributed by atoms with van der Waals surface area (Å²) < 4.78 is 33.5. The number of halogens is 2. The summed E-state index contributed by atoms with van der Waals surface area (Å²) in [6.07, 6.45) is 1.78. The Hall–Kier alpha value is -3.11. The molecule has 1 atom stereocenters. The molecule has 0 bridgehead atoms. The van der Waals surface area contributed by atoms with Gasteiger partial charge in [0.1, 0.15) is 6.54 Å². The molecule has 0 unspecified atom stereocenters. The van der Waals surface area contributed by atoms with E-state index in [0.717, 1.165) is 17.1 Å². The summed E-state index contributed by atoms with van der Waals surface area (Å²) in [5, 5.41) is 5.84. The van der Waals surface area contributed by atoms with Crippen molar-refractivity contribution < 1.29 is 22.7 Å². The fourth-order valence-electron chi connectivity index (χ4n) is 3.91. The third kappa shape index (κ3) is 6.61. The molecule has 11 heteroatoms. The normalized spacial score (nSPS) is 15.2. The topological polar surface area (TPSA) is 105 Å². The first-order valence-corrected chi connectivity index (χ1v) is 13.8. The Bertz CT molecular complexity index is 1380. The molecule has 2 N–H and O–H groups in total. The third-order valence-corrected chi connectivity index (χ3v) is 8.08. The van der Waals surface area contributed by atoms with Crippen molar-refractivity contribution in [1.82, 2.24) is 5.32 Å². The van der Waals surface area contributed by atoms with Crippen molar-refractivity contribution in [3.8, 4) is 0 Å². The summed E-state index contributed by atoms with van der Waals surface area (Å²) in [7, 11) is -4.19. The predicted octanol–water partition coefficient (Wildman–Crippen LogP) is 4.74. The van der Waals surface area contributed by atoms with Gasteiger partial charge in [-0.15, -0.1) is 0 Å². The molecule has 0 spiro atoms. The summed E-state index contributed by atoms with van der Waals surface area (Å²) in [6, 6.07) is 18.5. The minimum absolute atomic E-state index is 0.0206. The standard InChI is InChI=1S/C26H25Cl2N3O5S/c27-18-12-13-22(28)24(15-18)31(37(34,35)20-8-2-1-3-9-20)17-25(32)30-23-11-5-4-10-21(23)26(33)29-16-19-7-6-14-36-19/h1-5,8-13,15,19H,6-7,14,16-17H2,(H,29,33)(H,30,32)/t19-/m0/s1. The summed E-state index contributed by atoms with van der Waals surface area (Å²) >= 11 is 12.4. The molecule has 194 valence electrons. The molecular weight excluding hydrogens is 537 g/mol. The van der Waals surface area contributed by atoms with Crippen LogP contribution in [-0.4, -0.2) is 46.0 Å². The zero-order valence-electron chi connectivity index (χ0n) is 19.7. The molecule has 8 nitrogen and oxygen atoms in total. The third-order valence-electron chi connectivity index (χ3n) is 5.76. The largest absolute Gasteiger partial charge is 0.376 e. The zero-order valence-corrected chi connectivity index (χ0v) is 22.0. The van der Waals surface area contributed by atoms with Gasteiger partial charge in [-0.1, -0.05) is 53.5 Å². The number of amides is 2. The number of benzene rings is 3. The molecule has 3 aromatic rings. The van der Waals surface area contributed by atoms with Gasteiger partial charge in [0, 0.05) is 18.2 Å².